The van der Waals surface area contributed by atoms with Gasteiger partial charge in [-0.2, -0.15) is 0 Å². The normalized spacial score (nSPS) is 16.6. The fourth-order valence-electron chi connectivity index (χ4n) is 4.28. The molecular weight excluding hydrogens is 527 g/mol. The second-order valence-electron chi connectivity index (χ2n) is 9.23. The highest BCUT2D eigenvalue weighted by atomic mass is 32.2. The first-order valence-electron chi connectivity index (χ1n) is 11.5. The van der Waals surface area contributed by atoms with Crippen molar-refractivity contribution >= 4 is 69.6 Å². The van der Waals surface area contributed by atoms with Crippen molar-refractivity contribution in [2.75, 3.05) is 25.7 Å². The fraction of sp³-hybridized carbons (Fsp3) is 0.286. The summed E-state index contributed by atoms with van der Waals surface area (Å²) in [6.07, 6.45) is 0. The number of carbonyl (C=O) groups is 3. The summed E-state index contributed by atoms with van der Waals surface area (Å²) in [6.45, 7) is 8.19. The zero-order valence-electron chi connectivity index (χ0n) is 21.5. The first-order chi connectivity index (χ1) is 17.5. The van der Waals surface area contributed by atoms with E-state index in [1.165, 1.54) is 37.7 Å². The molecule has 0 spiro atoms. The molecule has 2 aliphatic heterocycles. The number of methoxy groups -OCH3 is 2. The van der Waals surface area contributed by atoms with Crippen LogP contribution in [0.1, 0.15) is 40.9 Å². The van der Waals surface area contributed by atoms with Crippen LogP contribution in [0.2, 0.25) is 0 Å². The molecule has 0 saturated heterocycles. The topological polar surface area (TPSA) is 72.9 Å². The molecule has 2 aromatic rings. The molecule has 0 radical (unpaired) electrons. The van der Waals surface area contributed by atoms with E-state index in [-0.39, 0.29) is 22.1 Å². The third kappa shape index (κ3) is 4.87. The molecule has 0 aliphatic carbocycles. The van der Waals surface area contributed by atoms with Crippen LogP contribution in [0.15, 0.2) is 56.5 Å². The van der Waals surface area contributed by atoms with E-state index in [2.05, 4.69) is 17.0 Å². The van der Waals surface area contributed by atoms with Crippen molar-refractivity contribution in [2.24, 2.45) is 0 Å². The van der Waals surface area contributed by atoms with E-state index in [1.54, 1.807) is 0 Å². The van der Waals surface area contributed by atoms with Crippen molar-refractivity contribution in [1.29, 1.82) is 0 Å². The third-order valence-electron chi connectivity index (χ3n) is 6.57. The van der Waals surface area contributed by atoms with E-state index >= 15 is 0 Å². The SMILES string of the molecule is COC(=O)C1=C(C(=O)OC)SC(=C2C(=S)C(C)(C)N(CC(=O)c3ccccc3)c3cc(C)c(C)cc32)S1. The van der Waals surface area contributed by atoms with Gasteiger partial charge in [-0.3, -0.25) is 4.79 Å². The summed E-state index contributed by atoms with van der Waals surface area (Å²) in [4.78, 5) is 41.3. The first kappa shape index (κ1) is 27.2. The lowest BCUT2D eigenvalue weighted by molar-refractivity contribution is -0.138. The number of thiocarbonyl (C=S) groups is 1. The molecule has 2 aromatic carbocycles. The molecule has 0 fully saturated rings. The Morgan fingerprint density at radius 3 is 2.00 bits per heavy atom. The van der Waals surface area contributed by atoms with Crippen LogP contribution in [0.5, 0.6) is 0 Å². The van der Waals surface area contributed by atoms with Crippen LogP contribution < -0.4 is 4.90 Å². The van der Waals surface area contributed by atoms with E-state index < -0.39 is 17.5 Å². The molecule has 0 saturated carbocycles. The average molecular weight is 554 g/mol. The molecule has 6 nitrogen and oxygen atoms in total. The quantitative estimate of drug-likeness (QED) is 0.196. The molecule has 0 amide bonds. The predicted octanol–water partition coefficient (Wildman–Crippen LogP) is 5.86. The summed E-state index contributed by atoms with van der Waals surface area (Å²) in [6, 6.07) is 13.3. The van der Waals surface area contributed by atoms with Crippen LogP contribution in [0.3, 0.4) is 0 Å². The van der Waals surface area contributed by atoms with Crippen molar-refractivity contribution in [3.63, 3.8) is 0 Å². The van der Waals surface area contributed by atoms with E-state index in [0.717, 1.165) is 28.0 Å². The fourth-order valence-corrected chi connectivity index (χ4v) is 7.33. The second kappa shape index (κ2) is 10.5. The monoisotopic (exact) mass is 553 g/mol. The number of hydrogen-bond donors (Lipinski definition) is 0. The molecule has 4 rings (SSSR count). The number of anilines is 1. The molecular formula is C28H27NO5S3. The third-order valence-corrected chi connectivity index (χ3v) is 9.83. The molecule has 9 heteroatoms. The number of esters is 2. The minimum atomic E-state index is -0.711. The Morgan fingerprint density at radius 1 is 0.919 bits per heavy atom. The van der Waals surface area contributed by atoms with Gasteiger partial charge < -0.3 is 14.4 Å². The van der Waals surface area contributed by atoms with Crippen LogP contribution in [0.4, 0.5) is 5.69 Å². The molecule has 192 valence electrons. The van der Waals surface area contributed by atoms with Crippen LogP contribution >= 0.6 is 35.7 Å². The van der Waals surface area contributed by atoms with Gasteiger partial charge in [0.05, 0.1) is 30.5 Å². The van der Waals surface area contributed by atoms with Crippen molar-refractivity contribution in [1.82, 2.24) is 0 Å². The Kier molecular flexibility index (Phi) is 7.69. The van der Waals surface area contributed by atoms with Gasteiger partial charge in [0.25, 0.3) is 0 Å². The number of ketones is 1. The standard InChI is InChI=1S/C28H27NO5S3/c1-15-12-18-19(13-16(15)2)29(14-20(30)17-10-8-7-9-11-17)28(3,4)24(35)21(18)27-36-22(25(31)33-5)23(37-27)26(32)34-6/h7-13H,14H2,1-6H3. The maximum absolute atomic E-state index is 13.3. The van der Waals surface area contributed by atoms with E-state index in [1.807, 2.05) is 58.0 Å². The lowest BCUT2D eigenvalue weighted by Gasteiger charge is -2.46. The van der Waals surface area contributed by atoms with Gasteiger partial charge in [-0.15, -0.1) is 0 Å². The van der Waals surface area contributed by atoms with Crippen molar-refractivity contribution < 1.29 is 23.9 Å². The predicted molar refractivity (Wildman–Crippen MR) is 154 cm³/mol. The summed E-state index contributed by atoms with van der Waals surface area (Å²) in [5, 5.41) is 0. The highest BCUT2D eigenvalue weighted by Crippen LogP contribution is 2.56. The maximum Gasteiger partial charge on any atom is 0.346 e. The molecule has 0 bridgehead atoms. The molecule has 0 unspecified atom stereocenters. The van der Waals surface area contributed by atoms with Gasteiger partial charge >= 0.3 is 11.9 Å². The van der Waals surface area contributed by atoms with Gasteiger partial charge in [0, 0.05) is 27.3 Å². The van der Waals surface area contributed by atoms with Gasteiger partial charge in [-0.05, 0) is 51.0 Å². The Hall–Kier alpha value is -2.88. The molecule has 2 heterocycles. The Labute approximate surface area is 230 Å². The number of rotatable bonds is 5. The number of benzene rings is 2. The van der Waals surface area contributed by atoms with Gasteiger partial charge in [0.1, 0.15) is 9.81 Å². The Balaban J connectivity index is 1.88. The smallest absolute Gasteiger partial charge is 0.346 e. The average Bonchev–Trinajstić information content (AvgIpc) is 3.33. The molecule has 2 aliphatic rings. The van der Waals surface area contributed by atoms with Crippen molar-refractivity contribution in [3.05, 3.63) is 78.8 Å². The summed E-state index contributed by atoms with van der Waals surface area (Å²) in [5.41, 5.74) is 4.58. The number of nitrogens with zero attached hydrogens (tertiary/aromatic N) is 1. The zero-order valence-corrected chi connectivity index (χ0v) is 23.9. The van der Waals surface area contributed by atoms with Gasteiger partial charge in [0.15, 0.2) is 5.78 Å². The molecule has 0 N–H and O–H groups in total. The molecule has 0 aromatic heterocycles. The van der Waals surface area contributed by atoms with Gasteiger partial charge in [0.2, 0.25) is 0 Å². The highest BCUT2D eigenvalue weighted by molar-refractivity contribution is 8.29. The summed E-state index contributed by atoms with van der Waals surface area (Å²) in [7, 11) is 2.55. The summed E-state index contributed by atoms with van der Waals surface area (Å²) in [5.74, 6) is -1.22. The summed E-state index contributed by atoms with van der Waals surface area (Å²) < 4.78 is 10.6. The Morgan fingerprint density at radius 2 is 1.46 bits per heavy atom. The lowest BCUT2D eigenvalue weighted by atomic mass is 9.82. The van der Waals surface area contributed by atoms with Crippen LogP contribution in [-0.2, 0) is 19.1 Å². The number of Topliss-reactive ketones (excluding diaryl/α,β-unsaturated/α-hetero) is 1. The second-order valence-corrected chi connectivity index (χ2v) is 11.9. The van der Waals surface area contributed by atoms with Crippen molar-refractivity contribution in [3.8, 4) is 0 Å². The number of fused-ring (bicyclic) bond motifs is 1. The lowest BCUT2D eigenvalue weighted by Crippen LogP contribution is -2.55. The van der Waals surface area contributed by atoms with E-state index in [4.69, 9.17) is 21.7 Å². The summed E-state index contributed by atoms with van der Waals surface area (Å²) >= 11 is 8.41. The highest BCUT2D eigenvalue weighted by Gasteiger charge is 2.44. The molecule has 0 atom stereocenters. The van der Waals surface area contributed by atoms with E-state index in [9.17, 15) is 14.4 Å². The Bertz CT molecular complexity index is 1360. The number of thioether (sulfide) groups is 2. The molecule has 37 heavy (non-hydrogen) atoms. The van der Waals surface area contributed by atoms with Crippen LogP contribution in [-0.4, -0.2) is 48.9 Å². The number of ether oxygens (including phenoxy) is 2. The minimum absolute atomic E-state index is 0.0102. The van der Waals surface area contributed by atoms with Crippen molar-refractivity contribution in [2.45, 2.75) is 33.2 Å². The largest absolute Gasteiger partial charge is 0.465 e. The zero-order chi connectivity index (χ0) is 27.1. The van der Waals surface area contributed by atoms with Gasteiger partial charge in [-0.25, -0.2) is 9.59 Å². The first-order valence-corrected chi connectivity index (χ1v) is 13.6. The minimum Gasteiger partial charge on any atom is -0.465 e. The number of aryl methyl sites for hydroxylation is 2. The number of carbonyl (C=O) groups excluding carboxylic acids is 3. The van der Waals surface area contributed by atoms with Crippen LogP contribution in [0.25, 0.3) is 5.57 Å². The maximum atomic E-state index is 13.3. The van der Waals surface area contributed by atoms with E-state index in [0.29, 0.717) is 14.7 Å². The van der Waals surface area contributed by atoms with Gasteiger partial charge in [-0.1, -0.05) is 66.1 Å². The van der Waals surface area contributed by atoms with Crippen LogP contribution in [0, 0.1) is 13.8 Å². The number of hydrogen-bond acceptors (Lipinski definition) is 9.